The fourth-order valence-corrected chi connectivity index (χ4v) is 2.11. The molecule has 0 fully saturated rings. The Kier molecular flexibility index (Phi) is 4.12. The standard InChI is InChI=1S/C12H14ClNO3/c1-3-12(11(16)17,14(2)8-15)9-5-4-6-10(13)7-9/h4-8H,3H2,1-2H3,(H,16,17). The zero-order valence-electron chi connectivity index (χ0n) is 9.68. The number of benzene rings is 1. The van der Waals surface area contributed by atoms with Crippen molar-refractivity contribution in [2.24, 2.45) is 0 Å². The van der Waals surface area contributed by atoms with Gasteiger partial charge in [0.05, 0.1) is 0 Å². The third-order valence-electron chi connectivity index (χ3n) is 2.93. The number of carbonyl (C=O) groups is 2. The molecule has 92 valence electrons. The zero-order valence-corrected chi connectivity index (χ0v) is 10.4. The van der Waals surface area contributed by atoms with E-state index >= 15 is 0 Å². The van der Waals surface area contributed by atoms with Crippen LogP contribution >= 0.6 is 11.6 Å². The van der Waals surface area contributed by atoms with Crippen LogP contribution in [0.15, 0.2) is 24.3 Å². The highest BCUT2D eigenvalue weighted by Gasteiger charge is 2.42. The second-order valence-corrected chi connectivity index (χ2v) is 4.18. The topological polar surface area (TPSA) is 57.6 Å². The molecule has 0 heterocycles. The summed E-state index contributed by atoms with van der Waals surface area (Å²) in [5.74, 6) is -1.07. The quantitative estimate of drug-likeness (QED) is 0.820. The fourth-order valence-electron chi connectivity index (χ4n) is 1.92. The molecule has 1 atom stereocenters. The molecule has 0 aromatic heterocycles. The predicted octanol–water partition coefficient (Wildman–Crippen LogP) is 2.12. The van der Waals surface area contributed by atoms with E-state index in [1.807, 2.05) is 0 Å². The van der Waals surface area contributed by atoms with E-state index in [-0.39, 0.29) is 6.42 Å². The Balaban J connectivity index is 3.42. The van der Waals surface area contributed by atoms with Crippen molar-refractivity contribution in [1.82, 2.24) is 4.90 Å². The van der Waals surface area contributed by atoms with Crippen LogP contribution in [0.1, 0.15) is 18.9 Å². The normalized spacial score (nSPS) is 13.8. The Morgan fingerprint density at radius 3 is 2.65 bits per heavy atom. The lowest BCUT2D eigenvalue weighted by molar-refractivity contribution is -0.155. The van der Waals surface area contributed by atoms with Crippen LogP contribution in [0, 0.1) is 0 Å². The van der Waals surface area contributed by atoms with Crippen LogP contribution < -0.4 is 0 Å². The number of hydrogen-bond acceptors (Lipinski definition) is 2. The Morgan fingerprint density at radius 1 is 1.59 bits per heavy atom. The molecule has 0 radical (unpaired) electrons. The minimum Gasteiger partial charge on any atom is -0.479 e. The summed E-state index contributed by atoms with van der Waals surface area (Å²) in [6.07, 6.45) is 0.774. The summed E-state index contributed by atoms with van der Waals surface area (Å²) >= 11 is 5.86. The SMILES string of the molecule is CCC(C(=O)O)(c1cccc(Cl)c1)N(C)C=O. The summed E-state index contributed by atoms with van der Waals surface area (Å²) in [5.41, 5.74) is -0.873. The van der Waals surface area contributed by atoms with Gasteiger partial charge in [0.1, 0.15) is 0 Å². The maximum atomic E-state index is 11.5. The van der Waals surface area contributed by atoms with Crippen LogP contribution in [0.3, 0.4) is 0 Å². The summed E-state index contributed by atoms with van der Waals surface area (Å²) in [5, 5.41) is 9.87. The summed E-state index contributed by atoms with van der Waals surface area (Å²) in [4.78, 5) is 23.6. The molecule has 5 heteroatoms. The molecule has 0 saturated carbocycles. The Hall–Kier alpha value is -1.55. The molecule has 1 N–H and O–H groups in total. The van der Waals surface area contributed by atoms with E-state index in [4.69, 9.17) is 11.6 Å². The van der Waals surface area contributed by atoms with Crippen molar-refractivity contribution < 1.29 is 14.7 Å². The molecule has 1 aromatic carbocycles. The number of hydrogen-bond donors (Lipinski definition) is 1. The maximum absolute atomic E-state index is 11.5. The first-order valence-electron chi connectivity index (χ1n) is 5.16. The van der Waals surface area contributed by atoms with E-state index in [0.29, 0.717) is 17.0 Å². The molecule has 0 spiro atoms. The smallest absolute Gasteiger partial charge is 0.334 e. The molecule has 1 aromatic rings. The van der Waals surface area contributed by atoms with Crippen molar-refractivity contribution in [3.05, 3.63) is 34.9 Å². The fraction of sp³-hybridized carbons (Fsp3) is 0.333. The lowest BCUT2D eigenvalue weighted by atomic mass is 9.86. The Bertz CT molecular complexity index is 436. The van der Waals surface area contributed by atoms with Crippen molar-refractivity contribution in [2.75, 3.05) is 7.05 Å². The molecule has 1 unspecified atom stereocenters. The van der Waals surface area contributed by atoms with Crippen molar-refractivity contribution in [3.63, 3.8) is 0 Å². The van der Waals surface area contributed by atoms with E-state index in [1.54, 1.807) is 31.2 Å². The largest absolute Gasteiger partial charge is 0.479 e. The van der Waals surface area contributed by atoms with Gasteiger partial charge in [-0.05, 0) is 24.1 Å². The number of halogens is 1. The lowest BCUT2D eigenvalue weighted by Crippen LogP contribution is -2.49. The molecule has 1 rings (SSSR count). The third kappa shape index (κ3) is 2.26. The molecule has 1 amide bonds. The second-order valence-electron chi connectivity index (χ2n) is 3.75. The van der Waals surface area contributed by atoms with Crippen LogP contribution in [0.5, 0.6) is 0 Å². The van der Waals surface area contributed by atoms with Crippen molar-refractivity contribution in [3.8, 4) is 0 Å². The van der Waals surface area contributed by atoms with E-state index in [0.717, 1.165) is 4.90 Å². The molecule has 17 heavy (non-hydrogen) atoms. The highest BCUT2D eigenvalue weighted by molar-refractivity contribution is 6.30. The highest BCUT2D eigenvalue weighted by Crippen LogP contribution is 2.32. The average molecular weight is 256 g/mol. The van der Waals surface area contributed by atoms with Gasteiger partial charge in [-0.1, -0.05) is 30.7 Å². The van der Waals surface area contributed by atoms with Gasteiger partial charge >= 0.3 is 5.97 Å². The highest BCUT2D eigenvalue weighted by atomic mass is 35.5. The van der Waals surface area contributed by atoms with Gasteiger partial charge in [-0.25, -0.2) is 4.79 Å². The van der Waals surface area contributed by atoms with Gasteiger partial charge in [-0.3, -0.25) is 4.79 Å². The molecule has 0 bridgehead atoms. The number of likely N-dealkylation sites (N-methyl/N-ethyl adjacent to an activating group) is 1. The van der Waals surface area contributed by atoms with Gasteiger partial charge in [0.25, 0.3) is 0 Å². The van der Waals surface area contributed by atoms with Gasteiger partial charge in [0, 0.05) is 12.1 Å². The van der Waals surface area contributed by atoms with Crippen LogP contribution in [0.4, 0.5) is 0 Å². The summed E-state index contributed by atoms with van der Waals surface area (Å²) in [7, 11) is 1.45. The van der Waals surface area contributed by atoms with Gasteiger partial charge in [0.2, 0.25) is 6.41 Å². The van der Waals surface area contributed by atoms with Gasteiger partial charge < -0.3 is 10.0 Å². The molecule has 0 aliphatic heterocycles. The maximum Gasteiger partial charge on any atom is 0.334 e. The average Bonchev–Trinajstić information content (AvgIpc) is 2.30. The summed E-state index contributed by atoms with van der Waals surface area (Å²) < 4.78 is 0. The van der Waals surface area contributed by atoms with Crippen molar-refractivity contribution in [2.45, 2.75) is 18.9 Å². The number of carboxylic acid groups (broad SMARTS) is 1. The van der Waals surface area contributed by atoms with Crippen LogP contribution in [-0.4, -0.2) is 29.4 Å². The third-order valence-corrected chi connectivity index (χ3v) is 3.16. The number of aliphatic carboxylic acids is 1. The van der Waals surface area contributed by atoms with E-state index in [2.05, 4.69) is 0 Å². The Morgan fingerprint density at radius 2 is 2.24 bits per heavy atom. The van der Waals surface area contributed by atoms with Crippen LogP contribution in [-0.2, 0) is 15.1 Å². The van der Waals surface area contributed by atoms with Crippen LogP contribution in [0.25, 0.3) is 0 Å². The van der Waals surface area contributed by atoms with E-state index < -0.39 is 11.5 Å². The molecular formula is C12H14ClNO3. The second kappa shape index (κ2) is 5.19. The van der Waals surface area contributed by atoms with E-state index in [1.165, 1.54) is 7.05 Å². The van der Waals surface area contributed by atoms with E-state index in [9.17, 15) is 14.7 Å². The minimum atomic E-state index is -1.37. The molecule has 0 saturated heterocycles. The molecule has 4 nitrogen and oxygen atoms in total. The first kappa shape index (κ1) is 13.5. The van der Waals surface area contributed by atoms with Crippen molar-refractivity contribution >= 4 is 24.0 Å². The van der Waals surface area contributed by atoms with Crippen molar-refractivity contribution in [1.29, 1.82) is 0 Å². The Labute approximate surface area is 105 Å². The predicted molar refractivity (Wildman–Crippen MR) is 64.9 cm³/mol. The minimum absolute atomic E-state index is 0.262. The number of carboxylic acids is 1. The number of amides is 1. The first-order valence-corrected chi connectivity index (χ1v) is 5.54. The number of carbonyl (C=O) groups excluding carboxylic acids is 1. The van der Waals surface area contributed by atoms with Gasteiger partial charge in [0.15, 0.2) is 5.54 Å². The molecule has 0 aliphatic rings. The monoisotopic (exact) mass is 255 g/mol. The zero-order chi connectivity index (χ0) is 13.1. The van der Waals surface area contributed by atoms with Crippen LogP contribution in [0.2, 0.25) is 5.02 Å². The molecular weight excluding hydrogens is 242 g/mol. The van der Waals surface area contributed by atoms with Gasteiger partial charge in [-0.15, -0.1) is 0 Å². The first-order chi connectivity index (χ1) is 7.98. The molecule has 0 aliphatic carbocycles. The summed E-state index contributed by atoms with van der Waals surface area (Å²) in [6.45, 7) is 1.72. The lowest BCUT2D eigenvalue weighted by Gasteiger charge is -2.35. The van der Waals surface area contributed by atoms with Gasteiger partial charge in [-0.2, -0.15) is 0 Å². The number of nitrogens with zero attached hydrogens (tertiary/aromatic N) is 1. The number of rotatable bonds is 5. The summed E-state index contributed by atoms with van der Waals surface area (Å²) in [6, 6.07) is 6.56.